The lowest BCUT2D eigenvalue weighted by molar-refractivity contribution is -0.139. The molecule has 0 radical (unpaired) electrons. The maximum Gasteiger partial charge on any atom is 0.416 e. The number of halogens is 3. The average molecular weight is 562 g/mol. The maximum atomic E-state index is 13.7. The van der Waals surface area contributed by atoms with E-state index in [2.05, 4.69) is 5.32 Å². The number of amides is 2. The number of hydrogen-bond acceptors (Lipinski definition) is 4. The molecule has 2 amide bonds. The Balaban J connectivity index is 2.08. The molecular formula is C28H30F3N3O4S. The first-order chi connectivity index (χ1) is 18.3. The molecule has 0 spiro atoms. The van der Waals surface area contributed by atoms with Crippen LogP contribution in [0.15, 0.2) is 83.8 Å². The molecule has 0 aliphatic heterocycles. The molecule has 0 saturated carbocycles. The number of benzene rings is 3. The molecule has 1 atom stereocenters. The van der Waals surface area contributed by atoms with Gasteiger partial charge in [-0.3, -0.25) is 13.9 Å². The third kappa shape index (κ3) is 7.38. The van der Waals surface area contributed by atoms with E-state index >= 15 is 0 Å². The van der Waals surface area contributed by atoms with E-state index in [9.17, 15) is 31.2 Å². The summed E-state index contributed by atoms with van der Waals surface area (Å²) < 4.78 is 68.6. The predicted molar refractivity (Wildman–Crippen MR) is 142 cm³/mol. The highest BCUT2D eigenvalue weighted by atomic mass is 32.2. The first kappa shape index (κ1) is 29.7. The van der Waals surface area contributed by atoms with Crippen LogP contribution in [0.2, 0.25) is 0 Å². The topological polar surface area (TPSA) is 86.8 Å². The second-order valence-corrected chi connectivity index (χ2v) is 10.8. The van der Waals surface area contributed by atoms with Gasteiger partial charge in [-0.05, 0) is 56.7 Å². The molecule has 3 rings (SSSR count). The summed E-state index contributed by atoms with van der Waals surface area (Å²) in [6.07, 6.45) is -4.73. The number of nitrogens with zero attached hydrogens (tertiary/aromatic N) is 2. The minimum absolute atomic E-state index is 0.0149. The summed E-state index contributed by atoms with van der Waals surface area (Å²) in [5.41, 5.74) is 0.0758. The van der Waals surface area contributed by atoms with Gasteiger partial charge in [0.2, 0.25) is 11.8 Å². The van der Waals surface area contributed by atoms with Crippen molar-refractivity contribution in [1.82, 2.24) is 10.2 Å². The average Bonchev–Trinajstić information content (AvgIpc) is 2.90. The first-order valence-corrected chi connectivity index (χ1v) is 13.7. The quantitative estimate of drug-likeness (QED) is 0.387. The molecule has 208 valence electrons. The molecule has 11 heteroatoms. The summed E-state index contributed by atoms with van der Waals surface area (Å²) in [4.78, 5) is 27.4. The van der Waals surface area contributed by atoms with Crippen LogP contribution in [0.1, 0.15) is 30.5 Å². The van der Waals surface area contributed by atoms with Crippen molar-refractivity contribution in [1.29, 1.82) is 0 Å². The summed E-state index contributed by atoms with van der Waals surface area (Å²) in [6.45, 7) is 4.46. The largest absolute Gasteiger partial charge is 0.416 e. The summed E-state index contributed by atoms with van der Waals surface area (Å²) in [6, 6.07) is 17.4. The Hall–Kier alpha value is -3.86. The molecule has 1 unspecified atom stereocenters. The highest BCUT2D eigenvalue weighted by Crippen LogP contribution is 2.33. The third-order valence-electron chi connectivity index (χ3n) is 6.06. The van der Waals surface area contributed by atoms with Gasteiger partial charge in [0.25, 0.3) is 10.0 Å². The zero-order valence-electron chi connectivity index (χ0n) is 21.8. The van der Waals surface area contributed by atoms with Gasteiger partial charge in [0, 0.05) is 13.1 Å². The van der Waals surface area contributed by atoms with Gasteiger partial charge in [-0.1, -0.05) is 54.1 Å². The molecule has 39 heavy (non-hydrogen) atoms. The van der Waals surface area contributed by atoms with Crippen molar-refractivity contribution in [2.45, 2.75) is 44.4 Å². The van der Waals surface area contributed by atoms with E-state index in [1.54, 1.807) is 56.3 Å². The fraction of sp³-hybridized carbons (Fsp3) is 0.286. The van der Waals surface area contributed by atoms with Crippen LogP contribution in [0.3, 0.4) is 0 Å². The Morgan fingerprint density at radius 3 is 2.18 bits per heavy atom. The van der Waals surface area contributed by atoms with Crippen LogP contribution in [0.25, 0.3) is 0 Å². The fourth-order valence-electron chi connectivity index (χ4n) is 3.89. The minimum Gasteiger partial charge on any atom is -0.355 e. The molecule has 0 saturated heterocycles. The van der Waals surface area contributed by atoms with Crippen LogP contribution in [-0.4, -0.2) is 44.3 Å². The van der Waals surface area contributed by atoms with Crippen LogP contribution in [0.4, 0.5) is 18.9 Å². The number of sulfonamides is 1. The number of rotatable bonds is 10. The summed E-state index contributed by atoms with van der Waals surface area (Å²) >= 11 is 0. The lowest BCUT2D eigenvalue weighted by Gasteiger charge is -2.32. The van der Waals surface area contributed by atoms with E-state index in [1.165, 1.54) is 30.0 Å². The number of aryl methyl sites for hydroxylation is 1. The van der Waals surface area contributed by atoms with E-state index in [0.29, 0.717) is 22.5 Å². The SMILES string of the molecule is CCNC(=O)C(C)N(Cc1ccccc1)C(=O)CN(c1cccc(C(F)(F)F)c1)S(=O)(=O)c1ccc(C)cc1. The van der Waals surface area contributed by atoms with Gasteiger partial charge in [-0.25, -0.2) is 8.42 Å². The Labute approximate surface area is 226 Å². The molecule has 3 aromatic carbocycles. The monoisotopic (exact) mass is 561 g/mol. The summed E-state index contributed by atoms with van der Waals surface area (Å²) in [5, 5.41) is 2.65. The maximum absolute atomic E-state index is 13.7. The van der Waals surface area contributed by atoms with Crippen LogP contribution in [0.5, 0.6) is 0 Å². The van der Waals surface area contributed by atoms with Crippen molar-refractivity contribution in [2.75, 3.05) is 17.4 Å². The molecule has 3 aromatic rings. The molecule has 0 heterocycles. The summed E-state index contributed by atoms with van der Waals surface area (Å²) in [7, 11) is -4.47. The van der Waals surface area contributed by atoms with Crippen molar-refractivity contribution < 1.29 is 31.2 Å². The second-order valence-electron chi connectivity index (χ2n) is 8.95. The lowest BCUT2D eigenvalue weighted by atomic mass is 10.1. The van der Waals surface area contributed by atoms with Gasteiger partial charge in [0.05, 0.1) is 16.1 Å². The van der Waals surface area contributed by atoms with E-state index in [0.717, 1.165) is 17.7 Å². The molecule has 7 nitrogen and oxygen atoms in total. The van der Waals surface area contributed by atoms with E-state index < -0.39 is 46.2 Å². The van der Waals surface area contributed by atoms with Gasteiger partial charge in [0.15, 0.2) is 0 Å². The Morgan fingerprint density at radius 1 is 0.949 bits per heavy atom. The fourth-order valence-corrected chi connectivity index (χ4v) is 5.29. The van der Waals surface area contributed by atoms with E-state index in [4.69, 9.17) is 0 Å². The van der Waals surface area contributed by atoms with Crippen molar-refractivity contribution in [3.05, 3.63) is 95.6 Å². The van der Waals surface area contributed by atoms with Crippen LogP contribution in [-0.2, 0) is 32.3 Å². The number of hydrogen-bond donors (Lipinski definition) is 1. The highest BCUT2D eigenvalue weighted by molar-refractivity contribution is 7.92. The Kier molecular flexibility index (Phi) is 9.39. The molecule has 1 N–H and O–H groups in total. The predicted octanol–water partition coefficient (Wildman–Crippen LogP) is 4.76. The van der Waals surface area contributed by atoms with Crippen LogP contribution in [0, 0.1) is 6.92 Å². The van der Waals surface area contributed by atoms with Crippen molar-refractivity contribution in [2.24, 2.45) is 0 Å². The van der Waals surface area contributed by atoms with Crippen molar-refractivity contribution in [3.8, 4) is 0 Å². The van der Waals surface area contributed by atoms with Crippen molar-refractivity contribution in [3.63, 3.8) is 0 Å². The normalized spacial score (nSPS) is 12.5. The van der Waals surface area contributed by atoms with Gasteiger partial charge < -0.3 is 10.2 Å². The summed E-state index contributed by atoms with van der Waals surface area (Å²) in [5.74, 6) is -1.21. The number of nitrogens with one attached hydrogen (secondary N) is 1. The minimum atomic E-state index is -4.73. The highest BCUT2D eigenvalue weighted by Gasteiger charge is 2.35. The van der Waals surface area contributed by atoms with Crippen LogP contribution < -0.4 is 9.62 Å². The molecule has 0 aliphatic carbocycles. The molecule has 0 fully saturated rings. The Bertz CT molecular complexity index is 1400. The van der Waals surface area contributed by atoms with Crippen molar-refractivity contribution >= 4 is 27.5 Å². The zero-order chi connectivity index (χ0) is 28.8. The third-order valence-corrected chi connectivity index (χ3v) is 7.85. The molecule has 0 bridgehead atoms. The first-order valence-electron chi connectivity index (χ1n) is 12.2. The number of anilines is 1. The van der Waals surface area contributed by atoms with E-state index in [-0.39, 0.29) is 17.1 Å². The second kappa shape index (κ2) is 12.3. The van der Waals surface area contributed by atoms with Gasteiger partial charge in [-0.15, -0.1) is 0 Å². The van der Waals surface area contributed by atoms with Gasteiger partial charge >= 0.3 is 6.18 Å². The Morgan fingerprint density at radius 2 is 1.59 bits per heavy atom. The lowest BCUT2D eigenvalue weighted by Crippen LogP contribution is -2.51. The zero-order valence-corrected chi connectivity index (χ0v) is 22.6. The number of alkyl halides is 3. The van der Waals surface area contributed by atoms with Gasteiger partial charge in [0.1, 0.15) is 12.6 Å². The molecule has 0 aliphatic rings. The van der Waals surface area contributed by atoms with Gasteiger partial charge in [-0.2, -0.15) is 13.2 Å². The standard InChI is InChI=1S/C28H30F3N3O4S/c1-4-32-27(36)21(3)33(18-22-9-6-5-7-10-22)26(35)19-34(24-12-8-11-23(17-24)28(29,30)31)39(37,38)25-15-13-20(2)14-16-25/h5-17,21H,4,18-19H2,1-3H3,(H,32,36). The van der Waals surface area contributed by atoms with E-state index in [1.807, 2.05) is 0 Å². The number of likely N-dealkylation sites (N-methyl/N-ethyl adjacent to an activating group) is 1. The van der Waals surface area contributed by atoms with Crippen LogP contribution >= 0.6 is 0 Å². The molecule has 0 aromatic heterocycles. The number of carbonyl (C=O) groups excluding carboxylic acids is 2. The number of carbonyl (C=O) groups is 2. The smallest absolute Gasteiger partial charge is 0.355 e. The molecular weight excluding hydrogens is 531 g/mol.